The van der Waals surface area contributed by atoms with Crippen molar-refractivity contribution in [2.45, 2.75) is 296 Å². The molecule has 1 amide bonds. The lowest BCUT2D eigenvalue weighted by Gasteiger charge is -2.30. The second-order valence-corrected chi connectivity index (χ2v) is 22.9. The number of hydrogen-bond donors (Lipinski definition) is 1. The molecule has 0 saturated carbocycles. The molecule has 70 heavy (non-hydrogen) atoms. The summed E-state index contributed by atoms with van der Waals surface area (Å²) in [6, 6.07) is -0.888. The van der Waals surface area contributed by atoms with Gasteiger partial charge in [0.05, 0.1) is 33.8 Å². The van der Waals surface area contributed by atoms with Gasteiger partial charge in [0.2, 0.25) is 5.91 Å². The first-order valence-corrected chi connectivity index (χ1v) is 31.3. The largest absolute Gasteiger partial charge is 0.756 e. The lowest BCUT2D eigenvalue weighted by molar-refractivity contribution is -0.870. The highest BCUT2D eigenvalue weighted by Gasteiger charge is 2.27. The standard InChI is InChI=1S/C60H115N2O7P/c1-7-10-13-16-19-22-25-28-30-31-33-34-37-40-43-46-49-52-59(63)61-57(56-68-70(65,66)67-55-54-62(4,5)6)58(51-48-45-42-39-36-27-24-21-18-15-12-9-3)69-60(64)53-50-47-44-41-38-35-32-29-26-23-20-17-14-11-8-2/h23,26,28,30,48,51,57-58H,7-22,24-25,27,29,31-47,49-50,52-56H2,1-6H3,(H-,61,63,65,66)/b26-23-,30-28+,51-48+. The number of allylic oxidation sites excluding steroid dienone is 5. The summed E-state index contributed by atoms with van der Waals surface area (Å²) in [5, 5.41) is 3.02. The first kappa shape index (κ1) is 68.2. The molecule has 0 rings (SSSR count). The number of rotatable bonds is 54. The summed E-state index contributed by atoms with van der Waals surface area (Å²) in [4.78, 5) is 39.9. The number of hydrogen-bond acceptors (Lipinski definition) is 7. The van der Waals surface area contributed by atoms with Gasteiger partial charge in [-0.05, 0) is 83.1 Å². The second kappa shape index (κ2) is 50.7. The van der Waals surface area contributed by atoms with Gasteiger partial charge in [-0.2, -0.15) is 0 Å². The molecule has 0 bridgehead atoms. The lowest BCUT2D eigenvalue weighted by atomic mass is 10.0. The van der Waals surface area contributed by atoms with Crippen molar-refractivity contribution in [2.75, 3.05) is 40.9 Å². The number of phosphoric ester groups is 1. The van der Waals surface area contributed by atoms with E-state index in [1.165, 1.54) is 167 Å². The summed E-state index contributed by atoms with van der Waals surface area (Å²) in [7, 11) is 1.19. The molecule has 0 radical (unpaired) electrons. The third-order valence-electron chi connectivity index (χ3n) is 13.3. The number of phosphoric acid groups is 1. The van der Waals surface area contributed by atoms with Crippen LogP contribution in [0.3, 0.4) is 0 Å². The Bertz CT molecular complexity index is 1300. The zero-order valence-electron chi connectivity index (χ0n) is 47.0. The van der Waals surface area contributed by atoms with E-state index in [0.29, 0.717) is 17.4 Å². The lowest BCUT2D eigenvalue weighted by Crippen LogP contribution is -2.47. The molecule has 0 heterocycles. The van der Waals surface area contributed by atoms with Crippen LogP contribution in [0.2, 0.25) is 0 Å². The van der Waals surface area contributed by atoms with E-state index in [4.69, 9.17) is 13.8 Å². The summed E-state index contributed by atoms with van der Waals surface area (Å²) >= 11 is 0. The molecule has 0 aliphatic rings. The monoisotopic (exact) mass is 1010 g/mol. The molecule has 0 spiro atoms. The quantitative estimate of drug-likeness (QED) is 0.0212. The molecule has 10 heteroatoms. The van der Waals surface area contributed by atoms with Crippen molar-refractivity contribution in [3.63, 3.8) is 0 Å². The molecule has 0 aliphatic heterocycles. The van der Waals surface area contributed by atoms with Crippen molar-refractivity contribution in [3.05, 3.63) is 36.5 Å². The first-order chi connectivity index (χ1) is 33.9. The van der Waals surface area contributed by atoms with Crippen LogP contribution in [0.1, 0.15) is 284 Å². The molecular weight excluding hydrogens is 892 g/mol. The number of nitrogens with one attached hydrogen (secondary N) is 1. The molecule has 3 unspecified atom stereocenters. The highest BCUT2D eigenvalue weighted by molar-refractivity contribution is 7.45. The molecular formula is C60H115N2O7P. The van der Waals surface area contributed by atoms with Gasteiger partial charge >= 0.3 is 5.97 Å². The van der Waals surface area contributed by atoms with Gasteiger partial charge in [0.1, 0.15) is 19.3 Å². The van der Waals surface area contributed by atoms with Crippen LogP contribution in [0.5, 0.6) is 0 Å². The summed E-state index contributed by atoms with van der Waals surface area (Å²) in [5.74, 6) is -0.543. The fourth-order valence-corrected chi connectivity index (χ4v) is 9.35. The van der Waals surface area contributed by atoms with E-state index in [9.17, 15) is 19.0 Å². The smallest absolute Gasteiger partial charge is 0.306 e. The number of nitrogens with zero attached hydrogens (tertiary/aromatic N) is 1. The van der Waals surface area contributed by atoms with Crippen LogP contribution in [0.15, 0.2) is 36.5 Å². The van der Waals surface area contributed by atoms with Crippen molar-refractivity contribution in [2.24, 2.45) is 0 Å². The van der Waals surface area contributed by atoms with Crippen LogP contribution < -0.4 is 10.2 Å². The Labute approximate surface area is 434 Å². The van der Waals surface area contributed by atoms with Crippen LogP contribution >= 0.6 is 7.82 Å². The van der Waals surface area contributed by atoms with Crippen molar-refractivity contribution >= 4 is 19.7 Å². The predicted molar refractivity (Wildman–Crippen MR) is 298 cm³/mol. The van der Waals surface area contributed by atoms with E-state index in [1.807, 2.05) is 33.3 Å². The maximum Gasteiger partial charge on any atom is 0.306 e. The third kappa shape index (κ3) is 51.1. The number of unbranched alkanes of at least 4 members (excludes halogenated alkanes) is 34. The van der Waals surface area contributed by atoms with Crippen molar-refractivity contribution in [1.82, 2.24) is 5.32 Å². The fraction of sp³-hybridized carbons (Fsp3) is 0.867. The topological polar surface area (TPSA) is 114 Å². The van der Waals surface area contributed by atoms with E-state index < -0.39 is 20.0 Å². The number of amides is 1. The Morgan fingerprint density at radius 1 is 0.486 bits per heavy atom. The van der Waals surface area contributed by atoms with Crippen LogP contribution in [0.4, 0.5) is 0 Å². The summed E-state index contributed by atoms with van der Waals surface area (Å²) < 4.78 is 30.3. The maximum absolute atomic E-state index is 13.5. The Morgan fingerprint density at radius 3 is 1.23 bits per heavy atom. The van der Waals surface area contributed by atoms with E-state index in [-0.39, 0.29) is 31.5 Å². The van der Waals surface area contributed by atoms with Crippen molar-refractivity contribution < 1.29 is 37.3 Å². The van der Waals surface area contributed by atoms with Gasteiger partial charge in [-0.1, -0.05) is 225 Å². The number of ether oxygens (including phenoxy) is 1. The molecule has 412 valence electrons. The molecule has 0 fully saturated rings. The number of quaternary nitrogens is 1. The summed E-state index contributed by atoms with van der Waals surface area (Å²) in [6.07, 6.45) is 59.6. The number of likely N-dealkylation sites (N-methyl/N-ethyl adjacent to an activating group) is 1. The van der Waals surface area contributed by atoms with Crippen LogP contribution in [-0.2, 0) is 27.9 Å². The zero-order chi connectivity index (χ0) is 51.5. The first-order valence-electron chi connectivity index (χ1n) is 29.8. The Balaban J connectivity index is 5.31. The maximum atomic E-state index is 13.5. The van der Waals surface area contributed by atoms with Gasteiger partial charge < -0.3 is 28.5 Å². The highest BCUT2D eigenvalue weighted by atomic mass is 31.2. The predicted octanol–water partition coefficient (Wildman–Crippen LogP) is 17.3. The van der Waals surface area contributed by atoms with Gasteiger partial charge in [0, 0.05) is 12.8 Å². The van der Waals surface area contributed by atoms with Gasteiger partial charge in [0.15, 0.2) is 0 Å². The molecule has 0 saturated heterocycles. The van der Waals surface area contributed by atoms with Gasteiger partial charge in [-0.3, -0.25) is 14.2 Å². The molecule has 0 aromatic rings. The van der Waals surface area contributed by atoms with Gasteiger partial charge in [-0.15, -0.1) is 0 Å². The molecule has 0 aromatic heterocycles. The minimum Gasteiger partial charge on any atom is -0.756 e. The minimum absolute atomic E-state index is 0.0224. The molecule has 9 nitrogen and oxygen atoms in total. The van der Waals surface area contributed by atoms with E-state index in [0.717, 1.165) is 83.5 Å². The Hall–Kier alpha value is -1.77. The average Bonchev–Trinajstić information content (AvgIpc) is 3.32. The van der Waals surface area contributed by atoms with Gasteiger partial charge in [0.25, 0.3) is 7.82 Å². The number of carbonyl (C=O) groups is 2. The summed E-state index contributed by atoms with van der Waals surface area (Å²) in [6.45, 7) is 6.84. The zero-order valence-corrected chi connectivity index (χ0v) is 47.9. The van der Waals surface area contributed by atoms with Crippen LogP contribution in [0, 0.1) is 0 Å². The third-order valence-corrected chi connectivity index (χ3v) is 14.3. The van der Waals surface area contributed by atoms with Crippen molar-refractivity contribution in [3.8, 4) is 0 Å². The van der Waals surface area contributed by atoms with E-state index >= 15 is 0 Å². The average molecular weight is 1010 g/mol. The van der Waals surface area contributed by atoms with Crippen LogP contribution in [-0.4, -0.2) is 69.4 Å². The second-order valence-electron chi connectivity index (χ2n) is 21.5. The highest BCUT2D eigenvalue weighted by Crippen LogP contribution is 2.38. The molecule has 0 aromatic carbocycles. The fourth-order valence-electron chi connectivity index (χ4n) is 8.63. The SMILES string of the molecule is CCCCCC/C=C\CCCCCCCCCC(=O)OC(/C=C/CCCCCCCCCCCC)C(COP(=O)([O-])OCC[N+](C)(C)C)NC(=O)CCCCCCCCC/C=C/CCCCCCCC. The molecule has 1 N–H and O–H groups in total. The molecule has 3 atom stereocenters. The van der Waals surface area contributed by atoms with Crippen molar-refractivity contribution in [1.29, 1.82) is 0 Å². The van der Waals surface area contributed by atoms with Gasteiger partial charge in [-0.25, -0.2) is 0 Å². The van der Waals surface area contributed by atoms with E-state index in [1.54, 1.807) is 0 Å². The van der Waals surface area contributed by atoms with E-state index in [2.05, 4.69) is 50.4 Å². The Kier molecular flexibility index (Phi) is 49.5. The normalized spacial score (nSPS) is 14.0. The minimum atomic E-state index is -4.69. The number of esters is 1. The van der Waals surface area contributed by atoms with Crippen LogP contribution in [0.25, 0.3) is 0 Å². The number of carbonyl (C=O) groups excluding carboxylic acids is 2. The Morgan fingerprint density at radius 2 is 0.829 bits per heavy atom. The summed E-state index contributed by atoms with van der Waals surface area (Å²) in [5.41, 5.74) is 0. The molecule has 0 aliphatic carbocycles.